The smallest absolute Gasteiger partial charge is 0.282 e. The second-order valence-electron chi connectivity index (χ2n) is 8.33. The molecule has 0 fully saturated rings. The molecule has 0 aliphatic rings. The van der Waals surface area contributed by atoms with Gasteiger partial charge in [-0.3, -0.25) is 4.79 Å². The number of aryl methyl sites for hydroxylation is 1. The second-order valence-corrected chi connectivity index (χ2v) is 10.1. The SMILES string of the molecule is CCCCc1nc2ccc(Br)cc2c(=O)n1N=Cc1cc(Br)c(OCc2ccc(F)cc2)c(OCC)c1. The predicted molar refractivity (Wildman–Crippen MR) is 151 cm³/mol. The molecule has 3 aromatic carbocycles. The number of unbranched alkanes of at least 4 members (excludes halogenated alkanes) is 1. The summed E-state index contributed by atoms with van der Waals surface area (Å²) in [6.45, 7) is 4.66. The number of hydrogen-bond donors (Lipinski definition) is 0. The number of fused-ring (bicyclic) bond motifs is 1. The molecular formula is C28H26Br2FN3O3. The van der Waals surface area contributed by atoms with Crippen molar-refractivity contribution in [1.29, 1.82) is 0 Å². The number of nitrogens with zero attached hydrogens (tertiary/aromatic N) is 3. The molecule has 0 amide bonds. The molecule has 0 atom stereocenters. The maximum absolute atomic E-state index is 13.3. The lowest BCUT2D eigenvalue weighted by molar-refractivity contribution is 0.267. The summed E-state index contributed by atoms with van der Waals surface area (Å²) in [6.07, 6.45) is 4.12. The molecule has 0 aliphatic heterocycles. The molecule has 0 N–H and O–H groups in total. The van der Waals surface area contributed by atoms with Crippen LogP contribution in [0.1, 0.15) is 43.6 Å². The Labute approximate surface area is 231 Å². The molecule has 0 aliphatic carbocycles. The second kappa shape index (κ2) is 12.5. The molecule has 1 heterocycles. The number of hydrogen-bond acceptors (Lipinski definition) is 5. The lowest BCUT2D eigenvalue weighted by Gasteiger charge is -2.15. The normalized spacial score (nSPS) is 11.4. The molecule has 0 radical (unpaired) electrons. The van der Waals surface area contributed by atoms with Crippen LogP contribution >= 0.6 is 31.9 Å². The number of benzene rings is 3. The summed E-state index contributed by atoms with van der Waals surface area (Å²) in [5, 5.41) is 5.02. The topological polar surface area (TPSA) is 65.7 Å². The summed E-state index contributed by atoms with van der Waals surface area (Å²) in [5.74, 6) is 1.37. The Morgan fingerprint density at radius 3 is 2.57 bits per heavy atom. The van der Waals surface area contributed by atoms with Crippen LogP contribution in [0, 0.1) is 5.82 Å². The average molecular weight is 631 g/mol. The van der Waals surface area contributed by atoms with Crippen LogP contribution in [0.5, 0.6) is 11.5 Å². The summed E-state index contributed by atoms with van der Waals surface area (Å²) < 4.78 is 27.9. The van der Waals surface area contributed by atoms with Crippen LogP contribution in [-0.2, 0) is 13.0 Å². The van der Waals surface area contributed by atoms with E-state index in [4.69, 9.17) is 14.5 Å². The van der Waals surface area contributed by atoms with E-state index in [2.05, 4.69) is 43.9 Å². The van der Waals surface area contributed by atoms with Crippen LogP contribution in [0.25, 0.3) is 10.9 Å². The van der Waals surface area contributed by atoms with E-state index in [9.17, 15) is 9.18 Å². The highest BCUT2D eigenvalue weighted by Crippen LogP contribution is 2.37. The highest BCUT2D eigenvalue weighted by Gasteiger charge is 2.14. The van der Waals surface area contributed by atoms with Gasteiger partial charge in [0.25, 0.3) is 5.56 Å². The molecule has 37 heavy (non-hydrogen) atoms. The van der Waals surface area contributed by atoms with Crippen LogP contribution < -0.4 is 15.0 Å². The predicted octanol–water partition coefficient (Wildman–Crippen LogP) is 7.26. The van der Waals surface area contributed by atoms with E-state index >= 15 is 0 Å². The fraction of sp³-hybridized carbons (Fsp3) is 0.250. The highest BCUT2D eigenvalue weighted by molar-refractivity contribution is 9.10. The quantitative estimate of drug-likeness (QED) is 0.173. The molecule has 6 nitrogen and oxygen atoms in total. The summed E-state index contributed by atoms with van der Waals surface area (Å²) in [4.78, 5) is 18.0. The molecule has 0 unspecified atom stereocenters. The summed E-state index contributed by atoms with van der Waals surface area (Å²) in [5.41, 5.74) is 1.97. The monoisotopic (exact) mass is 629 g/mol. The molecule has 0 saturated heterocycles. The molecular weight excluding hydrogens is 605 g/mol. The van der Waals surface area contributed by atoms with Crippen molar-refractivity contribution < 1.29 is 13.9 Å². The van der Waals surface area contributed by atoms with Crippen molar-refractivity contribution in [2.24, 2.45) is 5.10 Å². The van der Waals surface area contributed by atoms with Gasteiger partial charge in [-0.1, -0.05) is 41.4 Å². The summed E-state index contributed by atoms with van der Waals surface area (Å²) in [6, 6.07) is 15.3. The van der Waals surface area contributed by atoms with E-state index in [1.54, 1.807) is 30.5 Å². The van der Waals surface area contributed by atoms with Crippen molar-refractivity contribution in [1.82, 2.24) is 9.66 Å². The van der Waals surface area contributed by atoms with Gasteiger partial charge >= 0.3 is 0 Å². The Morgan fingerprint density at radius 2 is 1.84 bits per heavy atom. The zero-order valence-corrected chi connectivity index (χ0v) is 23.7. The molecule has 0 bridgehead atoms. The van der Waals surface area contributed by atoms with Crippen LogP contribution in [0.3, 0.4) is 0 Å². The van der Waals surface area contributed by atoms with Crippen LogP contribution in [0.15, 0.2) is 73.4 Å². The van der Waals surface area contributed by atoms with E-state index in [0.29, 0.717) is 51.3 Å². The van der Waals surface area contributed by atoms with Gasteiger partial charge in [-0.15, -0.1) is 0 Å². The highest BCUT2D eigenvalue weighted by atomic mass is 79.9. The van der Waals surface area contributed by atoms with Gasteiger partial charge in [0.15, 0.2) is 11.5 Å². The van der Waals surface area contributed by atoms with Crippen molar-refractivity contribution in [3.63, 3.8) is 0 Å². The number of halogens is 3. The maximum atomic E-state index is 13.3. The van der Waals surface area contributed by atoms with Gasteiger partial charge in [0.05, 0.1) is 28.2 Å². The summed E-state index contributed by atoms with van der Waals surface area (Å²) in [7, 11) is 0. The van der Waals surface area contributed by atoms with Crippen LogP contribution in [0.2, 0.25) is 0 Å². The Hall–Kier alpha value is -3.04. The van der Waals surface area contributed by atoms with Gasteiger partial charge in [-0.05, 0) is 82.9 Å². The van der Waals surface area contributed by atoms with Crippen molar-refractivity contribution in [3.8, 4) is 11.5 Å². The first-order valence-corrected chi connectivity index (χ1v) is 13.6. The fourth-order valence-corrected chi connectivity index (χ4v) is 4.67. The Morgan fingerprint density at radius 1 is 1.05 bits per heavy atom. The lowest BCUT2D eigenvalue weighted by atomic mass is 10.2. The van der Waals surface area contributed by atoms with Crippen molar-refractivity contribution >= 4 is 49.0 Å². The number of aromatic nitrogens is 2. The maximum Gasteiger partial charge on any atom is 0.282 e. The zero-order valence-electron chi connectivity index (χ0n) is 20.5. The summed E-state index contributed by atoms with van der Waals surface area (Å²) >= 11 is 7.00. The van der Waals surface area contributed by atoms with Gasteiger partial charge in [-0.2, -0.15) is 9.78 Å². The van der Waals surface area contributed by atoms with Gasteiger partial charge in [-0.25, -0.2) is 9.37 Å². The van der Waals surface area contributed by atoms with Gasteiger partial charge in [0.1, 0.15) is 18.2 Å². The van der Waals surface area contributed by atoms with E-state index in [1.807, 2.05) is 25.1 Å². The van der Waals surface area contributed by atoms with E-state index in [1.165, 1.54) is 16.8 Å². The van der Waals surface area contributed by atoms with Crippen LogP contribution in [-0.4, -0.2) is 22.5 Å². The molecule has 192 valence electrons. The third kappa shape index (κ3) is 6.64. The first-order chi connectivity index (χ1) is 17.9. The van der Waals surface area contributed by atoms with Gasteiger partial charge < -0.3 is 9.47 Å². The minimum Gasteiger partial charge on any atom is -0.490 e. The molecule has 1 aromatic heterocycles. The van der Waals surface area contributed by atoms with Crippen molar-refractivity contribution in [3.05, 3.63) is 96.7 Å². The molecule has 0 saturated carbocycles. The minimum absolute atomic E-state index is 0.225. The van der Waals surface area contributed by atoms with E-state index in [0.717, 1.165) is 22.9 Å². The standard InChI is InChI=1S/C28H26Br2FN3O3/c1-3-5-6-26-33-24-12-9-20(29)15-22(24)28(35)34(26)32-16-19-13-23(30)27(25(14-19)36-4-2)37-17-18-7-10-21(31)11-8-18/h7-16H,3-6,17H2,1-2H3. The Bertz CT molecular complexity index is 1490. The van der Waals surface area contributed by atoms with Crippen molar-refractivity contribution in [2.75, 3.05) is 6.61 Å². The average Bonchev–Trinajstić information content (AvgIpc) is 2.88. The molecule has 4 aromatic rings. The van der Waals surface area contributed by atoms with Crippen LogP contribution in [0.4, 0.5) is 4.39 Å². The van der Waals surface area contributed by atoms with Gasteiger partial charge in [0.2, 0.25) is 0 Å². The molecule has 4 rings (SSSR count). The number of ether oxygens (including phenoxy) is 2. The minimum atomic E-state index is -0.296. The third-order valence-corrected chi connectivity index (χ3v) is 6.66. The Balaban J connectivity index is 1.68. The number of rotatable bonds is 10. The third-order valence-electron chi connectivity index (χ3n) is 5.58. The van der Waals surface area contributed by atoms with Gasteiger partial charge in [0, 0.05) is 10.9 Å². The van der Waals surface area contributed by atoms with E-state index < -0.39 is 0 Å². The first-order valence-electron chi connectivity index (χ1n) is 12.0. The lowest BCUT2D eigenvalue weighted by Crippen LogP contribution is -2.22. The first kappa shape index (κ1) is 27.0. The fourth-order valence-electron chi connectivity index (χ4n) is 3.74. The van der Waals surface area contributed by atoms with E-state index in [-0.39, 0.29) is 18.0 Å². The zero-order chi connectivity index (χ0) is 26.4. The molecule has 0 spiro atoms. The molecule has 9 heteroatoms. The largest absolute Gasteiger partial charge is 0.490 e. The Kier molecular flexibility index (Phi) is 9.10. The van der Waals surface area contributed by atoms with Crippen molar-refractivity contribution in [2.45, 2.75) is 39.7 Å².